The maximum atomic E-state index is 11.1. The van der Waals surface area contributed by atoms with Gasteiger partial charge in [0, 0.05) is 6.54 Å². The Balaban J connectivity index is 0.000000787. The monoisotopic (exact) mass is 424 g/mol. The van der Waals surface area contributed by atoms with Gasteiger partial charge >= 0.3 is 17.9 Å². The van der Waals surface area contributed by atoms with Crippen molar-refractivity contribution in [3.8, 4) is 0 Å². The highest BCUT2D eigenvalue weighted by Crippen LogP contribution is 2.10. The second kappa shape index (κ2) is 15.4. The summed E-state index contributed by atoms with van der Waals surface area (Å²) in [4.78, 5) is 31.7. The van der Waals surface area contributed by atoms with E-state index >= 15 is 0 Å². The third kappa shape index (κ3) is 13.7. The summed E-state index contributed by atoms with van der Waals surface area (Å²) in [5.41, 5.74) is 7.60. The van der Waals surface area contributed by atoms with E-state index in [1.54, 1.807) is 0 Å². The Bertz CT molecular complexity index is 646. The van der Waals surface area contributed by atoms with E-state index in [1.165, 1.54) is 5.56 Å². The number of carbonyl (C=O) groups is 3. The molecule has 30 heavy (non-hydrogen) atoms. The lowest BCUT2D eigenvalue weighted by molar-refractivity contribution is -0.141. The Morgan fingerprint density at radius 1 is 0.967 bits per heavy atom. The zero-order valence-corrected chi connectivity index (χ0v) is 18.1. The van der Waals surface area contributed by atoms with Crippen molar-refractivity contribution >= 4 is 17.9 Å². The van der Waals surface area contributed by atoms with Gasteiger partial charge in [0.1, 0.15) is 12.1 Å². The molecule has 0 aromatic heterocycles. The number of rotatable bonds is 13. The normalized spacial score (nSPS) is 12.6. The average Bonchev–Trinajstić information content (AvgIpc) is 2.65. The van der Waals surface area contributed by atoms with Gasteiger partial charge in [-0.1, -0.05) is 51.5 Å². The first-order valence-corrected chi connectivity index (χ1v) is 10.3. The van der Waals surface area contributed by atoms with E-state index in [2.05, 4.69) is 24.4 Å². The number of hydrogen-bond acceptors (Lipinski definition) is 5. The van der Waals surface area contributed by atoms with Crippen LogP contribution >= 0.6 is 0 Å². The molecule has 0 aliphatic heterocycles. The molecule has 0 bridgehead atoms. The van der Waals surface area contributed by atoms with Crippen LogP contribution in [-0.4, -0.2) is 51.9 Å². The quantitative estimate of drug-likeness (QED) is 0.324. The first-order valence-electron chi connectivity index (χ1n) is 10.3. The summed E-state index contributed by atoms with van der Waals surface area (Å²) in [5.74, 6) is -2.43. The average molecular weight is 425 g/mol. The molecule has 8 heteroatoms. The lowest BCUT2D eigenvalue weighted by Crippen LogP contribution is -2.38. The zero-order chi connectivity index (χ0) is 23.1. The molecule has 0 radical (unpaired) electrons. The number of benzene rings is 1. The highest BCUT2D eigenvalue weighted by Gasteiger charge is 2.16. The van der Waals surface area contributed by atoms with E-state index in [1.807, 2.05) is 26.0 Å². The van der Waals surface area contributed by atoms with Gasteiger partial charge in [-0.3, -0.25) is 14.4 Å². The molecule has 8 nitrogen and oxygen atoms in total. The zero-order valence-electron chi connectivity index (χ0n) is 18.1. The highest BCUT2D eigenvalue weighted by molar-refractivity contribution is 5.73. The number of carboxylic acid groups (broad SMARTS) is 3. The number of aryl methyl sites for hydroxylation is 2. The van der Waals surface area contributed by atoms with Gasteiger partial charge in [-0.2, -0.15) is 0 Å². The van der Waals surface area contributed by atoms with E-state index in [0.717, 1.165) is 18.4 Å². The van der Waals surface area contributed by atoms with Crippen molar-refractivity contribution in [3.63, 3.8) is 0 Å². The largest absolute Gasteiger partial charge is 0.481 e. The van der Waals surface area contributed by atoms with Crippen LogP contribution in [0.25, 0.3) is 0 Å². The molecule has 0 amide bonds. The van der Waals surface area contributed by atoms with E-state index in [9.17, 15) is 14.4 Å². The van der Waals surface area contributed by atoms with Crippen molar-refractivity contribution in [2.75, 3.05) is 6.54 Å². The molecule has 6 N–H and O–H groups in total. The van der Waals surface area contributed by atoms with Crippen LogP contribution in [0.5, 0.6) is 0 Å². The van der Waals surface area contributed by atoms with Gasteiger partial charge in [-0.05, 0) is 42.7 Å². The summed E-state index contributed by atoms with van der Waals surface area (Å²) in [6.45, 7) is 6.20. The van der Waals surface area contributed by atoms with Crippen molar-refractivity contribution in [1.82, 2.24) is 5.32 Å². The van der Waals surface area contributed by atoms with Gasteiger partial charge in [0.2, 0.25) is 0 Å². The molecule has 0 spiro atoms. The van der Waals surface area contributed by atoms with E-state index < -0.39 is 30.0 Å². The topological polar surface area (TPSA) is 150 Å². The third-order valence-corrected chi connectivity index (χ3v) is 4.35. The van der Waals surface area contributed by atoms with Crippen LogP contribution in [0, 0.1) is 5.92 Å². The lowest BCUT2D eigenvalue weighted by Gasteiger charge is -2.13. The predicted octanol–water partition coefficient (Wildman–Crippen LogP) is 2.53. The molecular weight excluding hydrogens is 388 g/mol. The maximum absolute atomic E-state index is 11.1. The molecule has 1 aromatic carbocycles. The minimum atomic E-state index is -0.942. The molecule has 1 rings (SSSR count). The first-order chi connectivity index (χ1) is 14.1. The Morgan fingerprint density at radius 2 is 1.50 bits per heavy atom. The molecule has 1 aromatic rings. The SMILES string of the molecule is CC(C)C[C@H](N)C(=O)O.CCCc1ccc(CC[C@@H](NCCC(=O)O)C(=O)O)cc1. The Morgan fingerprint density at radius 3 is 1.87 bits per heavy atom. The smallest absolute Gasteiger partial charge is 0.320 e. The fourth-order valence-electron chi connectivity index (χ4n) is 2.75. The molecule has 0 saturated heterocycles. The molecule has 0 fully saturated rings. The van der Waals surface area contributed by atoms with Gasteiger partial charge in [-0.15, -0.1) is 0 Å². The van der Waals surface area contributed by atoms with E-state index in [0.29, 0.717) is 25.2 Å². The fourth-order valence-corrected chi connectivity index (χ4v) is 2.75. The van der Waals surface area contributed by atoms with Crippen LogP contribution in [0.1, 0.15) is 57.6 Å². The Kier molecular flexibility index (Phi) is 14.1. The summed E-state index contributed by atoms with van der Waals surface area (Å²) >= 11 is 0. The molecular formula is C22H36N2O6. The second-order valence-electron chi connectivity index (χ2n) is 7.67. The molecule has 0 heterocycles. The number of aliphatic carboxylic acids is 3. The molecule has 0 saturated carbocycles. The summed E-state index contributed by atoms with van der Waals surface area (Å²) < 4.78 is 0. The summed E-state index contributed by atoms with van der Waals surface area (Å²) in [6.07, 6.45) is 3.74. The van der Waals surface area contributed by atoms with Gasteiger partial charge in [0.15, 0.2) is 0 Å². The van der Waals surface area contributed by atoms with Crippen molar-refractivity contribution in [3.05, 3.63) is 35.4 Å². The van der Waals surface area contributed by atoms with Crippen LogP contribution in [0.3, 0.4) is 0 Å². The van der Waals surface area contributed by atoms with Crippen LogP contribution in [0.15, 0.2) is 24.3 Å². The molecule has 0 aliphatic rings. The predicted molar refractivity (Wildman–Crippen MR) is 116 cm³/mol. The van der Waals surface area contributed by atoms with Gasteiger partial charge < -0.3 is 26.4 Å². The number of hydrogen-bond donors (Lipinski definition) is 5. The first kappa shape index (κ1) is 27.5. The fraction of sp³-hybridized carbons (Fsp3) is 0.591. The van der Waals surface area contributed by atoms with Crippen LogP contribution in [0.2, 0.25) is 0 Å². The maximum Gasteiger partial charge on any atom is 0.320 e. The summed E-state index contributed by atoms with van der Waals surface area (Å²) in [7, 11) is 0. The standard InChI is InChI=1S/C16H23NO4.C6H13NO2/c1-2-3-12-4-6-13(7-5-12)8-9-14(16(20)21)17-11-10-15(18)19;1-4(2)3-5(7)6(8)9/h4-7,14,17H,2-3,8-11H2,1H3,(H,18,19)(H,20,21);4-5H,3,7H2,1-2H3,(H,8,9)/t14-;5-/m10/s1. The molecule has 2 atom stereocenters. The van der Waals surface area contributed by atoms with Crippen molar-refractivity contribution in [2.24, 2.45) is 11.7 Å². The number of nitrogens with two attached hydrogens (primary N) is 1. The molecule has 170 valence electrons. The molecule has 0 unspecified atom stereocenters. The van der Waals surface area contributed by atoms with Crippen molar-refractivity contribution < 1.29 is 29.7 Å². The minimum absolute atomic E-state index is 0.0739. The Labute approximate surface area is 178 Å². The van der Waals surface area contributed by atoms with Crippen LogP contribution in [0.4, 0.5) is 0 Å². The lowest BCUT2D eigenvalue weighted by atomic mass is 10.0. The molecule has 0 aliphatic carbocycles. The van der Waals surface area contributed by atoms with Gasteiger partial charge in [0.05, 0.1) is 6.42 Å². The third-order valence-electron chi connectivity index (χ3n) is 4.35. The van der Waals surface area contributed by atoms with Gasteiger partial charge in [-0.25, -0.2) is 0 Å². The van der Waals surface area contributed by atoms with E-state index in [-0.39, 0.29) is 13.0 Å². The van der Waals surface area contributed by atoms with Gasteiger partial charge in [0.25, 0.3) is 0 Å². The Hall–Kier alpha value is -2.45. The van der Waals surface area contributed by atoms with Crippen LogP contribution < -0.4 is 11.1 Å². The van der Waals surface area contributed by atoms with Crippen molar-refractivity contribution in [2.45, 2.75) is 71.4 Å². The summed E-state index contributed by atoms with van der Waals surface area (Å²) in [6, 6.07) is 6.81. The number of nitrogens with one attached hydrogen (secondary N) is 1. The highest BCUT2D eigenvalue weighted by atomic mass is 16.4. The number of carboxylic acids is 3. The summed E-state index contributed by atoms with van der Waals surface area (Å²) in [5, 5.41) is 28.8. The van der Waals surface area contributed by atoms with E-state index in [4.69, 9.17) is 21.1 Å². The van der Waals surface area contributed by atoms with Crippen LogP contribution in [-0.2, 0) is 27.2 Å². The second-order valence-corrected chi connectivity index (χ2v) is 7.67. The minimum Gasteiger partial charge on any atom is -0.481 e. The van der Waals surface area contributed by atoms with Crippen molar-refractivity contribution in [1.29, 1.82) is 0 Å².